The lowest BCUT2D eigenvalue weighted by Crippen LogP contribution is -2.55. The van der Waals surface area contributed by atoms with Crippen LogP contribution in [0.25, 0.3) is 0 Å². The van der Waals surface area contributed by atoms with Crippen molar-refractivity contribution < 1.29 is 24.2 Å². The van der Waals surface area contributed by atoms with Crippen molar-refractivity contribution >= 4 is 12.1 Å². The van der Waals surface area contributed by atoms with Crippen LogP contribution in [0.3, 0.4) is 0 Å². The fraction of sp³-hybridized carbons (Fsp3) is 0.517. The maximum absolute atomic E-state index is 11.7. The lowest BCUT2D eigenvalue weighted by Gasteiger charge is -2.44. The number of carboxylic acid groups (broad SMARTS) is 1. The molecular weight excluding hydrogens is 470 g/mol. The van der Waals surface area contributed by atoms with Crippen molar-refractivity contribution in [1.29, 1.82) is 0 Å². The summed E-state index contributed by atoms with van der Waals surface area (Å²) >= 11 is 0. The smallest absolute Gasteiger partial charge is 0.407 e. The number of amides is 1. The van der Waals surface area contributed by atoms with Gasteiger partial charge in [-0.2, -0.15) is 0 Å². The lowest BCUT2D eigenvalue weighted by atomic mass is 9.98. The van der Waals surface area contributed by atoms with Gasteiger partial charge >= 0.3 is 12.1 Å². The van der Waals surface area contributed by atoms with Crippen LogP contribution in [0.5, 0.6) is 5.75 Å². The van der Waals surface area contributed by atoms with Crippen LogP contribution in [0, 0.1) is 5.92 Å². The Morgan fingerprint density at radius 3 is 2.03 bits per heavy atom. The van der Waals surface area contributed by atoms with E-state index < -0.39 is 6.09 Å². The average molecular weight is 510 g/mol. The number of piperidine rings is 1. The van der Waals surface area contributed by atoms with Gasteiger partial charge in [-0.1, -0.05) is 24.3 Å². The van der Waals surface area contributed by atoms with Crippen LogP contribution in [-0.4, -0.2) is 83.8 Å². The molecule has 2 aliphatic heterocycles. The minimum absolute atomic E-state index is 0.305. The molecule has 2 atom stereocenters. The van der Waals surface area contributed by atoms with Crippen molar-refractivity contribution in [3.8, 4) is 5.75 Å². The third-order valence-corrected chi connectivity index (χ3v) is 7.62. The highest BCUT2D eigenvalue weighted by Gasteiger charge is 2.29. The summed E-state index contributed by atoms with van der Waals surface area (Å²) in [5.74, 6) is 0.966. The number of ether oxygens (including phenoxy) is 2. The molecule has 0 saturated carbocycles. The zero-order chi connectivity index (χ0) is 26.4. The molecule has 2 heterocycles. The molecule has 1 N–H and O–H groups in total. The SMILES string of the molecule is COC(=O)c1ccc(CN2C[C@@H](C)N(Cc3ccc(OCC4CCN(C(=O)O)CC4)cc3)[C@@H](C)C2)cc1. The zero-order valence-corrected chi connectivity index (χ0v) is 22.1. The van der Waals surface area contributed by atoms with Gasteiger partial charge in [0, 0.05) is 51.4 Å². The van der Waals surface area contributed by atoms with Gasteiger partial charge in [-0.15, -0.1) is 0 Å². The summed E-state index contributed by atoms with van der Waals surface area (Å²) in [6.45, 7) is 10.1. The molecule has 2 aromatic rings. The van der Waals surface area contributed by atoms with Crippen LogP contribution in [0.1, 0.15) is 48.2 Å². The Morgan fingerprint density at radius 1 is 0.892 bits per heavy atom. The summed E-state index contributed by atoms with van der Waals surface area (Å²) in [5.41, 5.74) is 3.05. The van der Waals surface area contributed by atoms with E-state index in [1.54, 1.807) is 0 Å². The third-order valence-electron chi connectivity index (χ3n) is 7.62. The summed E-state index contributed by atoms with van der Waals surface area (Å²) < 4.78 is 10.8. The Bertz CT molecular complexity index is 1020. The van der Waals surface area contributed by atoms with Gasteiger partial charge in [0.15, 0.2) is 0 Å². The number of carbonyl (C=O) groups is 2. The Hall–Kier alpha value is -3.10. The first-order chi connectivity index (χ1) is 17.8. The van der Waals surface area contributed by atoms with E-state index in [1.165, 1.54) is 23.1 Å². The second-order valence-corrected chi connectivity index (χ2v) is 10.4. The molecule has 8 heteroatoms. The summed E-state index contributed by atoms with van der Waals surface area (Å²) in [6, 6.07) is 16.9. The number of hydrogen-bond donors (Lipinski definition) is 1. The molecule has 0 spiro atoms. The first-order valence-corrected chi connectivity index (χ1v) is 13.2. The van der Waals surface area contributed by atoms with Crippen LogP contribution in [0.4, 0.5) is 4.79 Å². The van der Waals surface area contributed by atoms with E-state index >= 15 is 0 Å². The minimum Gasteiger partial charge on any atom is -0.493 e. The number of hydrogen-bond acceptors (Lipinski definition) is 6. The molecule has 2 fully saturated rings. The Labute approximate surface area is 219 Å². The number of carbonyl (C=O) groups excluding carboxylic acids is 1. The van der Waals surface area contributed by atoms with E-state index in [4.69, 9.17) is 14.6 Å². The molecule has 0 unspecified atom stereocenters. The van der Waals surface area contributed by atoms with Crippen LogP contribution in [0.2, 0.25) is 0 Å². The minimum atomic E-state index is -0.827. The summed E-state index contributed by atoms with van der Waals surface area (Å²) in [7, 11) is 1.40. The number of benzene rings is 2. The van der Waals surface area contributed by atoms with Crippen molar-refractivity contribution in [1.82, 2.24) is 14.7 Å². The van der Waals surface area contributed by atoms with Crippen molar-refractivity contribution in [3.63, 3.8) is 0 Å². The molecule has 2 aromatic carbocycles. The van der Waals surface area contributed by atoms with Crippen molar-refractivity contribution in [2.45, 2.75) is 51.9 Å². The molecule has 4 rings (SSSR count). The molecular formula is C29H39N3O5. The molecule has 200 valence electrons. The molecule has 0 bridgehead atoms. The first-order valence-electron chi connectivity index (χ1n) is 13.2. The second kappa shape index (κ2) is 12.4. The van der Waals surface area contributed by atoms with Crippen molar-refractivity contribution in [2.75, 3.05) is 39.9 Å². The summed E-state index contributed by atoms with van der Waals surface area (Å²) in [4.78, 5) is 29.3. The van der Waals surface area contributed by atoms with Gasteiger partial charge in [0.05, 0.1) is 19.3 Å². The molecule has 1 amide bonds. The van der Waals surface area contributed by atoms with Crippen LogP contribution < -0.4 is 4.74 Å². The van der Waals surface area contributed by atoms with Gasteiger partial charge in [0.1, 0.15) is 5.75 Å². The van der Waals surface area contributed by atoms with Gasteiger partial charge < -0.3 is 19.5 Å². The van der Waals surface area contributed by atoms with Gasteiger partial charge in [0.25, 0.3) is 0 Å². The maximum atomic E-state index is 11.7. The standard InChI is InChI=1S/C29H39N3O5/c1-21-16-30(18-23-4-8-26(9-5-23)28(33)36-3)17-22(2)32(21)19-24-6-10-27(11-7-24)37-20-25-12-14-31(15-13-25)29(34)35/h4-11,21-22,25H,12-20H2,1-3H3,(H,34,35)/t21-,22+. The highest BCUT2D eigenvalue weighted by atomic mass is 16.5. The normalized spacial score (nSPS) is 21.5. The van der Waals surface area contributed by atoms with Crippen molar-refractivity contribution in [2.24, 2.45) is 5.92 Å². The zero-order valence-electron chi connectivity index (χ0n) is 22.1. The Balaban J connectivity index is 1.23. The summed E-state index contributed by atoms with van der Waals surface area (Å²) in [6.07, 6.45) is 0.877. The fourth-order valence-electron chi connectivity index (χ4n) is 5.44. The predicted molar refractivity (Wildman–Crippen MR) is 142 cm³/mol. The van der Waals surface area contributed by atoms with Crippen molar-refractivity contribution in [3.05, 3.63) is 65.2 Å². The third kappa shape index (κ3) is 7.23. The van der Waals surface area contributed by atoms with Gasteiger partial charge in [-0.05, 0) is 68.0 Å². The maximum Gasteiger partial charge on any atom is 0.407 e. The number of esters is 1. The molecule has 0 aromatic heterocycles. The summed E-state index contributed by atoms with van der Waals surface area (Å²) in [5, 5.41) is 9.09. The number of rotatable bonds is 8. The largest absolute Gasteiger partial charge is 0.493 e. The molecule has 37 heavy (non-hydrogen) atoms. The van der Waals surface area contributed by atoms with Gasteiger partial charge in [0.2, 0.25) is 0 Å². The van der Waals surface area contributed by atoms with Crippen LogP contribution in [-0.2, 0) is 17.8 Å². The van der Waals surface area contributed by atoms with E-state index in [-0.39, 0.29) is 5.97 Å². The predicted octanol–water partition coefficient (Wildman–Crippen LogP) is 4.34. The topological polar surface area (TPSA) is 82.6 Å². The quantitative estimate of drug-likeness (QED) is 0.530. The highest BCUT2D eigenvalue weighted by molar-refractivity contribution is 5.89. The first kappa shape index (κ1) is 26.9. The Morgan fingerprint density at radius 2 is 1.46 bits per heavy atom. The monoisotopic (exact) mass is 509 g/mol. The van der Waals surface area contributed by atoms with E-state index in [0.717, 1.165) is 44.8 Å². The number of methoxy groups -OCH3 is 1. The molecule has 0 aliphatic carbocycles. The highest BCUT2D eigenvalue weighted by Crippen LogP contribution is 2.23. The Kier molecular flexibility index (Phi) is 9.05. The number of likely N-dealkylation sites (tertiary alicyclic amines) is 1. The van der Waals surface area contributed by atoms with Gasteiger partial charge in [-0.3, -0.25) is 9.80 Å². The van der Waals surface area contributed by atoms with Crippen LogP contribution >= 0.6 is 0 Å². The molecule has 8 nitrogen and oxygen atoms in total. The second-order valence-electron chi connectivity index (χ2n) is 10.4. The van der Waals surface area contributed by atoms with E-state index in [2.05, 4.69) is 35.8 Å². The number of piperazine rings is 1. The van der Waals surface area contributed by atoms with E-state index in [9.17, 15) is 9.59 Å². The fourth-order valence-corrected chi connectivity index (χ4v) is 5.44. The molecule has 0 radical (unpaired) electrons. The molecule has 2 saturated heterocycles. The van der Waals surface area contributed by atoms with Crippen LogP contribution in [0.15, 0.2) is 48.5 Å². The lowest BCUT2D eigenvalue weighted by molar-refractivity contribution is 0.0290. The molecule has 2 aliphatic rings. The van der Waals surface area contributed by atoms with E-state index in [1.807, 2.05) is 36.4 Å². The van der Waals surface area contributed by atoms with Gasteiger partial charge in [-0.25, -0.2) is 9.59 Å². The average Bonchev–Trinajstić information content (AvgIpc) is 2.90. The number of nitrogens with zero attached hydrogens (tertiary/aromatic N) is 3. The van der Waals surface area contributed by atoms with E-state index in [0.29, 0.717) is 43.3 Å².